The molecule has 0 aromatic heterocycles. The molecule has 18 heavy (non-hydrogen) atoms. The van der Waals surface area contributed by atoms with E-state index in [0.717, 1.165) is 32.2 Å². The first-order chi connectivity index (χ1) is 8.58. The Morgan fingerprint density at radius 2 is 1.94 bits per heavy atom. The maximum absolute atomic E-state index is 13.3. The van der Waals surface area contributed by atoms with Gasteiger partial charge in [0.15, 0.2) is 11.6 Å². The van der Waals surface area contributed by atoms with Crippen molar-refractivity contribution in [2.75, 3.05) is 32.8 Å². The third-order valence-electron chi connectivity index (χ3n) is 3.66. The summed E-state index contributed by atoms with van der Waals surface area (Å²) in [5.74, 6) is -1.73. The Morgan fingerprint density at radius 3 is 2.50 bits per heavy atom. The maximum Gasteiger partial charge on any atom is 0.159 e. The number of aliphatic hydroxyl groups is 1. The number of nitrogens with one attached hydrogen (secondary N) is 1. The van der Waals surface area contributed by atoms with Crippen molar-refractivity contribution in [2.45, 2.75) is 12.5 Å². The Morgan fingerprint density at radius 1 is 1.28 bits per heavy atom. The number of benzene rings is 1. The molecule has 1 aliphatic heterocycles. The Balaban J connectivity index is 2.32. The van der Waals surface area contributed by atoms with Crippen molar-refractivity contribution in [1.82, 2.24) is 10.2 Å². The molecule has 0 amide bonds. The minimum Gasteiger partial charge on any atom is -0.394 e. The van der Waals surface area contributed by atoms with Gasteiger partial charge in [0.2, 0.25) is 0 Å². The number of aliphatic hydroxyl groups excluding tert-OH is 1. The van der Waals surface area contributed by atoms with E-state index >= 15 is 0 Å². The van der Waals surface area contributed by atoms with Gasteiger partial charge in [-0.3, -0.25) is 4.90 Å². The van der Waals surface area contributed by atoms with Gasteiger partial charge in [0.05, 0.1) is 12.1 Å². The summed E-state index contributed by atoms with van der Waals surface area (Å²) in [6.07, 6.45) is 0. The number of hydrogen-bond acceptors (Lipinski definition) is 3. The first-order valence-electron chi connectivity index (χ1n) is 6.10. The van der Waals surface area contributed by atoms with Crippen molar-refractivity contribution < 1.29 is 13.9 Å². The van der Waals surface area contributed by atoms with Gasteiger partial charge in [-0.1, -0.05) is 6.07 Å². The molecule has 3 nitrogen and oxygen atoms in total. The Kier molecular flexibility index (Phi) is 3.94. The second-order valence-corrected chi connectivity index (χ2v) is 4.80. The highest BCUT2D eigenvalue weighted by atomic mass is 19.2. The van der Waals surface area contributed by atoms with Crippen LogP contribution in [-0.4, -0.2) is 42.8 Å². The molecule has 1 heterocycles. The summed E-state index contributed by atoms with van der Waals surface area (Å²) in [5.41, 5.74) is -0.0674. The van der Waals surface area contributed by atoms with Gasteiger partial charge in [-0.05, 0) is 24.6 Å². The van der Waals surface area contributed by atoms with E-state index in [0.29, 0.717) is 5.56 Å². The van der Waals surface area contributed by atoms with Crippen molar-refractivity contribution in [3.8, 4) is 0 Å². The molecule has 1 fully saturated rings. The molecule has 1 aromatic rings. The maximum atomic E-state index is 13.3. The summed E-state index contributed by atoms with van der Waals surface area (Å²) >= 11 is 0. The number of piperazine rings is 1. The number of hydrogen-bond donors (Lipinski definition) is 2. The smallest absolute Gasteiger partial charge is 0.159 e. The highest BCUT2D eigenvalue weighted by molar-refractivity contribution is 5.26. The van der Waals surface area contributed by atoms with Gasteiger partial charge in [0.1, 0.15) is 0 Å². The van der Waals surface area contributed by atoms with Crippen LogP contribution in [-0.2, 0) is 5.54 Å². The van der Waals surface area contributed by atoms with Crippen LogP contribution in [0.5, 0.6) is 0 Å². The van der Waals surface area contributed by atoms with Crippen LogP contribution in [0.2, 0.25) is 0 Å². The molecule has 1 aromatic carbocycles. The zero-order valence-corrected chi connectivity index (χ0v) is 10.4. The third kappa shape index (κ3) is 2.39. The van der Waals surface area contributed by atoms with Gasteiger partial charge in [-0.2, -0.15) is 0 Å². The predicted molar refractivity (Wildman–Crippen MR) is 65.2 cm³/mol. The molecule has 0 saturated carbocycles. The largest absolute Gasteiger partial charge is 0.394 e. The minimum atomic E-state index is -0.873. The fourth-order valence-corrected chi connectivity index (χ4v) is 2.36. The fourth-order valence-electron chi connectivity index (χ4n) is 2.36. The Bertz CT molecular complexity index is 421. The van der Waals surface area contributed by atoms with Crippen LogP contribution >= 0.6 is 0 Å². The first kappa shape index (κ1) is 13.4. The molecule has 2 N–H and O–H groups in total. The molecule has 5 heteroatoms. The zero-order chi connectivity index (χ0) is 13.2. The number of rotatable bonds is 3. The lowest BCUT2D eigenvalue weighted by atomic mass is 9.90. The van der Waals surface area contributed by atoms with Crippen LogP contribution in [0, 0.1) is 11.6 Å². The molecule has 0 bridgehead atoms. The van der Waals surface area contributed by atoms with E-state index in [2.05, 4.69) is 10.2 Å². The second kappa shape index (κ2) is 5.30. The van der Waals surface area contributed by atoms with E-state index in [-0.39, 0.29) is 6.61 Å². The molecule has 1 atom stereocenters. The van der Waals surface area contributed by atoms with Gasteiger partial charge < -0.3 is 10.4 Å². The summed E-state index contributed by atoms with van der Waals surface area (Å²) < 4.78 is 26.3. The summed E-state index contributed by atoms with van der Waals surface area (Å²) in [6, 6.07) is 3.82. The average molecular weight is 256 g/mol. The average Bonchev–Trinajstić information content (AvgIpc) is 2.42. The van der Waals surface area contributed by atoms with Gasteiger partial charge >= 0.3 is 0 Å². The van der Waals surface area contributed by atoms with Crippen LogP contribution in [0.1, 0.15) is 12.5 Å². The van der Waals surface area contributed by atoms with Crippen molar-refractivity contribution in [3.05, 3.63) is 35.4 Å². The first-order valence-corrected chi connectivity index (χ1v) is 6.10. The Hall–Kier alpha value is -1.04. The molecular weight excluding hydrogens is 238 g/mol. The van der Waals surface area contributed by atoms with E-state index in [1.807, 2.05) is 6.92 Å². The van der Waals surface area contributed by atoms with Crippen LogP contribution < -0.4 is 5.32 Å². The summed E-state index contributed by atoms with van der Waals surface area (Å²) in [4.78, 5) is 2.09. The highest BCUT2D eigenvalue weighted by Gasteiger charge is 2.34. The summed E-state index contributed by atoms with van der Waals surface area (Å²) in [5, 5.41) is 12.9. The predicted octanol–water partition coefficient (Wildman–Crippen LogP) is 1.08. The second-order valence-electron chi connectivity index (χ2n) is 4.80. The van der Waals surface area contributed by atoms with Crippen LogP contribution in [0.4, 0.5) is 8.78 Å². The molecule has 0 radical (unpaired) electrons. The highest BCUT2D eigenvalue weighted by Crippen LogP contribution is 2.29. The van der Waals surface area contributed by atoms with Gasteiger partial charge in [-0.15, -0.1) is 0 Å². The molecular formula is C13H18F2N2O. The van der Waals surface area contributed by atoms with E-state index in [9.17, 15) is 13.9 Å². The van der Waals surface area contributed by atoms with Crippen molar-refractivity contribution in [1.29, 1.82) is 0 Å². The van der Waals surface area contributed by atoms with Crippen LogP contribution in [0.25, 0.3) is 0 Å². The molecule has 2 rings (SSSR count). The SMILES string of the molecule is CC(CO)(c1ccc(F)c(F)c1)N1CCNCC1. The number of halogens is 2. The Labute approximate surface area is 105 Å². The summed E-state index contributed by atoms with van der Waals surface area (Å²) in [6.45, 7) is 4.94. The van der Waals surface area contributed by atoms with Gasteiger partial charge in [0.25, 0.3) is 0 Å². The third-order valence-corrected chi connectivity index (χ3v) is 3.66. The molecule has 0 spiro atoms. The summed E-state index contributed by atoms with van der Waals surface area (Å²) in [7, 11) is 0. The molecule has 1 aliphatic rings. The lowest BCUT2D eigenvalue weighted by Gasteiger charge is -2.42. The van der Waals surface area contributed by atoms with Crippen molar-refractivity contribution in [3.63, 3.8) is 0 Å². The zero-order valence-electron chi connectivity index (χ0n) is 10.4. The fraction of sp³-hybridized carbons (Fsp3) is 0.538. The molecule has 100 valence electrons. The lowest BCUT2D eigenvalue weighted by Crippen LogP contribution is -2.54. The lowest BCUT2D eigenvalue weighted by molar-refractivity contribution is 0.0308. The number of nitrogens with zero attached hydrogens (tertiary/aromatic N) is 1. The van der Waals surface area contributed by atoms with Gasteiger partial charge in [-0.25, -0.2) is 8.78 Å². The molecule has 0 aliphatic carbocycles. The minimum absolute atomic E-state index is 0.127. The quantitative estimate of drug-likeness (QED) is 0.849. The van der Waals surface area contributed by atoms with Crippen molar-refractivity contribution >= 4 is 0 Å². The topological polar surface area (TPSA) is 35.5 Å². The normalized spacial score (nSPS) is 20.7. The molecule has 1 saturated heterocycles. The van der Waals surface area contributed by atoms with Crippen LogP contribution in [0.3, 0.4) is 0 Å². The van der Waals surface area contributed by atoms with E-state index in [1.54, 1.807) is 0 Å². The molecule has 1 unspecified atom stereocenters. The van der Waals surface area contributed by atoms with E-state index < -0.39 is 17.2 Å². The standard InChI is InChI=1S/C13H18F2N2O/c1-13(9-18,17-6-4-16-5-7-17)10-2-3-11(14)12(15)8-10/h2-3,8,16,18H,4-7,9H2,1H3. The van der Waals surface area contributed by atoms with Crippen molar-refractivity contribution in [2.24, 2.45) is 0 Å². The monoisotopic (exact) mass is 256 g/mol. The van der Waals surface area contributed by atoms with E-state index in [1.165, 1.54) is 12.1 Å². The van der Waals surface area contributed by atoms with Crippen LogP contribution in [0.15, 0.2) is 18.2 Å². The van der Waals surface area contributed by atoms with Gasteiger partial charge in [0, 0.05) is 26.2 Å². The van der Waals surface area contributed by atoms with E-state index in [4.69, 9.17) is 0 Å².